The zero-order valence-corrected chi connectivity index (χ0v) is 10.8. The molecule has 1 fully saturated rings. The van der Waals surface area contributed by atoms with E-state index in [9.17, 15) is 0 Å². The highest BCUT2D eigenvalue weighted by atomic mass is 32.2. The maximum atomic E-state index is 3.93. The Morgan fingerprint density at radius 2 is 2.44 bits per heavy atom. The van der Waals surface area contributed by atoms with E-state index in [1.165, 1.54) is 25.0 Å². The fourth-order valence-electron chi connectivity index (χ4n) is 2.23. The third-order valence-corrected chi connectivity index (χ3v) is 4.40. The number of aromatic nitrogens is 3. The van der Waals surface area contributed by atoms with Gasteiger partial charge in [-0.1, -0.05) is 12.1 Å². The summed E-state index contributed by atoms with van der Waals surface area (Å²) in [7, 11) is 1.94. The van der Waals surface area contributed by atoms with Gasteiger partial charge < -0.3 is 5.32 Å². The van der Waals surface area contributed by atoms with Crippen LogP contribution in [0, 0.1) is 0 Å². The van der Waals surface area contributed by atoms with E-state index in [4.69, 9.17) is 0 Å². The number of thioether (sulfide) groups is 1. The number of rotatable bonds is 5. The largest absolute Gasteiger partial charge is 0.308 e. The first-order valence-corrected chi connectivity index (χ1v) is 7.03. The minimum Gasteiger partial charge on any atom is -0.308 e. The molecule has 1 aromatic heterocycles. The van der Waals surface area contributed by atoms with Gasteiger partial charge in [-0.25, -0.2) is 0 Å². The van der Waals surface area contributed by atoms with Crippen LogP contribution in [0.5, 0.6) is 0 Å². The molecule has 5 heteroatoms. The fourth-order valence-corrected chi connectivity index (χ4v) is 3.38. The highest BCUT2D eigenvalue weighted by Crippen LogP contribution is 2.29. The standard InChI is InChI=1S/C11H20N4S/c1-3-16-11-5-4-9(6-11)12-7-10-8-13-14-15(10)2/h8-9,11-12H,3-7H2,1-2H3. The lowest BCUT2D eigenvalue weighted by Gasteiger charge is -2.12. The number of nitrogens with one attached hydrogen (secondary N) is 1. The Kier molecular flexibility index (Phi) is 4.23. The van der Waals surface area contributed by atoms with Crippen molar-refractivity contribution in [1.29, 1.82) is 0 Å². The Labute approximate surface area is 101 Å². The van der Waals surface area contributed by atoms with Gasteiger partial charge in [-0.15, -0.1) is 5.10 Å². The lowest BCUT2D eigenvalue weighted by Crippen LogP contribution is -2.27. The molecular formula is C11H20N4S. The van der Waals surface area contributed by atoms with Crippen molar-refractivity contribution in [3.05, 3.63) is 11.9 Å². The molecule has 16 heavy (non-hydrogen) atoms. The highest BCUT2D eigenvalue weighted by molar-refractivity contribution is 7.99. The fraction of sp³-hybridized carbons (Fsp3) is 0.818. The minimum absolute atomic E-state index is 0.680. The van der Waals surface area contributed by atoms with Crippen molar-refractivity contribution < 1.29 is 0 Å². The van der Waals surface area contributed by atoms with Crippen molar-refractivity contribution in [2.24, 2.45) is 7.05 Å². The third-order valence-electron chi connectivity index (χ3n) is 3.17. The van der Waals surface area contributed by atoms with Gasteiger partial charge in [0.2, 0.25) is 0 Å². The normalized spacial score (nSPS) is 25.1. The van der Waals surface area contributed by atoms with Crippen molar-refractivity contribution in [1.82, 2.24) is 20.3 Å². The first-order chi connectivity index (χ1) is 7.79. The molecule has 0 spiro atoms. The van der Waals surface area contributed by atoms with Crippen LogP contribution in [0.3, 0.4) is 0 Å². The van der Waals surface area contributed by atoms with Gasteiger partial charge in [-0.2, -0.15) is 11.8 Å². The molecule has 2 rings (SSSR count). The maximum absolute atomic E-state index is 3.93. The third kappa shape index (κ3) is 2.98. The first kappa shape index (κ1) is 11.9. The summed E-state index contributed by atoms with van der Waals surface area (Å²) in [6, 6.07) is 0.680. The minimum atomic E-state index is 0.680. The van der Waals surface area contributed by atoms with Crippen LogP contribution in [0.25, 0.3) is 0 Å². The summed E-state index contributed by atoms with van der Waals surface area (Å²) in [5.41, 5.74) is 1.16. The summed E-state index contributed by atoms with van der Waals surface area (Å²) < 4.78 is 1.83. The van der Waals surface area contributed by atoms with Crippen molar-refractivity contribution in [3.8, 4) is 0 Å². The Balaban J connectivity index is 1.74. The SMILES string of the molecule is CCSC1CCC(NCc2cnnn2C)C1. The summed E-state index contributed by atoms with van der Waals surface area (Å²) in [6.07, 6.45) is 5.81. The smallest absolute Gasteiger partial charge is 0.0738 e. The van der Waals surface area contributed by atoms with Crippen LogP contribution in [0.4, 0.5) is 0 Å². The Bertz CT molecular complexity index is 326. The lowest BCUT2D eigenvalue weighted by atomic mass is 10.2. The van der Waals surface area contributed by atoms with E-state index in [1.807, 2.05) is 17.9 Å². The van der Waals surface area contributed by atoms with Gasteiger partial charge in [0.1, 0.15) is 0 Å². The molecule has 0 aromatic carbocycles. The van der Waals surface area contributed by atoms with Crippen LogP contribution >= 0.6 is 11.8 Å². The molecule has 2 atom stereocenters. The van der Waals surface area contributed by atoms with E-state index in [0.29, 0.717) is 6.04 Å². The van der Waals surface area contributed by atoms with Crippen LogP contribution in [0.1, 0.15) is 31.9 Å². The molecule has 1 heterocycles. The van der Waals surface area contributed by atoms with Crippen molar-refractivity contribution in [3.63, 3.8) is 0 Å². The van der Waals surface area contributed by atoms with E-state index in [0.717, 1.165) is 17.5 Å². The molecule has 1 aromatic rings. The van der Waals surface area contributed by atoms with E-state index in [2.05, 4.69) is 34.3 Å². The quantitative estimate of drug-likeness (QED) is 0.848. The molecule has 4 nitrogen and oxygen atoms in total. The van der Waals surface area contributed by atoms with Crippen molar-refractivity contribution >= 4 is 11.8 Å². The summed E-state index contributed by atoms with van der Waals surface area (Å²) in [6.45, 7) is 3.13. The maximum Gasteiger partial charge on any atom is 0.0738 e. The van der Waals surface area contributed by atoms with E-state index >= 15 is 0 Å². The van der Waals surface area contributed by atoms with E-state index in [1.54, 1.807) is 0 Å². The van der Waals surface area contributed by atoms with Crippen molar-refractivity contribution in [2.45, 2.75) is 44.0 Å². The van der Waals surface area contributed by atoms with E-state index in [-0.39, 0.29) is 0 Å². The highest BCUT2D eigenvalue weighted by Gasteiger charge is 2.24. The molecule has 0 radical (unpaired) electrons. The summed E-state index contributed by atoms with van der Waals surface area (Å²) in [5, 5.41) is 12.3. The zero-order valence-electron chi connectivity index (χ0n) is 10.0. The van der Waals surface area contributed by atoms with Crippen LogP contribution in [0.15, 0.2) is 6.20 Å². The predicted octanol–water partition coefficient (Wildman–Crippen LogP) is 1.58. The van der Waals surface area contributed by atoms with Gasteiger partial charge in [0.05, 0.1) is 11.9 Å². The molecule has 0 aliphatic heterocycles. The second-order valence-corrected chi connectivity index (χ2v) is 5.89. The Morgan fingerprint density at radius 1 is 1.56 bits per heavy atom. The molecule has 1 aliphatic rings. The second kappa shape index (κ2) is 5.68. The molecule has 0 bridgehead atoms. The second-order valence-electron chi connectivity index (χ2n) is 4.32. The van der Waals surface area contributed by atoms with Gasteiger partial charge >= 0.3 is 0 Å². The van der Waals surface area contributed by atoms with Crippen LogP contribution in [-0.2, 0) is 13.6 Å². The summed E-state index contributed by atoms with van der Waals surface area (Å²) >= 11 is 2.10. The van der Waals surface area contributed by atoms with Crippen LogP contribution in [0.2, 0.25) is 0 Å². The first-order valence-electron chi connectivity index (χ1n) is 5.98. The summed E-state index contributed by atoms with van der Waals surface area (Å²) in [4.78, 5) is 0. The summed E-state index contributed by atoms with van der Waals surface area (Å²) in [5.74, 6) is 1.24. The van der Waals surface area contributed by atoms with E-state index < -0.39 is 0 Å². The van der Waals surface area contributed by atoms with Gasteiger partial charge in [0.15, 0.2) is 0 Å². The molecule has 1 saturated carbocycles. The predicted molar refractivity (Wildman–Crippen MR) is 67.4 cm³/mol. The molecule has 1 aliphatic carbocycles. The number of aryl methyl sites for hydroxylation is 1. The van der Waals surface area contributed by atoms with Crippen LogP contribution < -0.4 is 5.32 Å². The lowest BCUT2D eigenvalue weighted by molar-refractivity contribution is 0.507. The zero-order chi connectivity index (χ0) is 11.4. The average Bonchev–Trinajstić information content (AvgIpc) is 2.86. The van der Waals surface area contributed by atoms with Gasteiger partial charge in [-0.3, -0.25) is 4.68 Å². The average molecular weight is 240 g/mol. The van der Waals surface area contributed by atoms with Gasteiger partial charge in [0, 0.05) is 24.9 Å². The number of nitrogens with zero attached hydrogens (tertiary/aromatic N) is 3. The molecule has 90 valence electrons. The topological polar surface area (TPSA) is 42.7 Å². The molecule has 2 unspecified atom stereocenters. The number of hydrogen-bond donors (Lipinski definition) is 1. The van der Waals surface area contributed by atoms with Crippen LogP contribution in [-0.4, -0.2) is 32.0 Å². The molecule has 1 N–H and O–H groups in total. The molecular weight excluding hydrogens is 220 g/mol. The molecule has 0 amide bonds. The number of hydrogen-bond acceptors (Lipinski definition) is 4. The Morgan fingerprint density at radius 3 is 3.12 bits per heavy atom. The van der Waals surface area contributed by atoms with Gasteiger partial charge in [0.25, 0.3) is 0 Å². The Hall–Kier alpha value is -0.550. The van der Waals surface area contributed by atoms with Crippen molar-refractivity contribution in [2.75, 3.05) is 5.75 Å². The molecule has 0 saturated heterocycles. The van der Waals surface area contributed by atoms with Gasteiger partial charge in [-0.05, 0) is 25.0 Å². The monoisotopic (exact) mass is 240 g/mol.